The Balaban J connectivity index is 1.30. The summed E-state index contributed by atoms with van der Waals surface area (Å²) >= 11 is 0. The van der Waals surface area contributed by atoms with E-state index in [1.165, 1.54) is 49.8 Å². The van der Waals surface area contributed by atoms with Crippen molar-refractivity contribution in [3.8, 4) is 17.4 Å². The third-order valence-electron chi connectivity index (χ3n) is 7.53. The molecule has 0 aliphatic rings. The number of anilines is 1. The molecule has 11 nitrogen and oxygen atoms in total. The maximum atomic E-state index is 13.3. The topological polar surface area (TPSA) is 144 Å². The number of methoxy groups -OCH3 is 1. The molecule has 49 heavy (non-hydrogen) atoms. The lowest BCUT2D eigenvalue weighted by Crippen LogP contribution is -2.35. The number of nitrogens with zero attached hydrogens (tertiary/aromatic N) is 2. The summed E-state index contributed by atoms with van der Waals surface area (Å²) in [4.78, 5) is 55.5. The largest absolute Gasteiger partial charge is 0.494 e. The highest BCUT2D eigenvalue weighted by Crippen LogP contribution is 2.20. The number of pyridine rings is 1. The number of carbonyl (C=O) groups is 4. The van der Waals surface area contributed by atoms with Crippen LogP contribution in [0.25, 0.3) is 0 Å². The lowest BCUT2D eigenvalue weighted by molar-refractivity contribution is -0.137. The van der Waals surface area contributed by atoms with Crippen molar-refractivity contribution in [3.63, 3.8) is 0 Å². The number of carboxylic acids is 1. The number of carboxylic acid groups (broad SMARTS) is 1. The molecule has 0 atom stereocenters. The number of amides is 2. The number of hydrogen-bond acceptors (Lipinski definition) is 8. The number of nitrogens with one attached hydrogen (secondary N) is 1. The quantitative estimate of drug-likeness (QED) is 0.0649. The Morgan fingerprint density at radius 3 is 2.10 bits per heavy atom. The number of esters is 1. The van der Waals surface area contributed by atoms with Gasteiger partial charge in [-0.2, -0.15) is 0 Å². The summed E-state index contributed by atoms with van der Waals surface area (Å²) in [6.07, 6.45) is 7.08. The van der Waals surface area contributed by atoms with Gasteiger partial charge in [-0.05, 0) is 78.7 Å². The van der Waals surface area contributed by atoms with Crippen LogP contribution in [0.3, 0.4) is 0 Å². The zero-order valence-corrected chi connectivity index (χ0v) is 27.7. The van der Waals surface area contributed by atoms with Crippen LogP contribution < -0.4 is 19.5 Å². The van der Waals surface area contributed by atoms with Crippen LogP contribution in [0.5, 0.6) is 17.4 Å². The molecular formula is C38H41N3O8. The Hall–Kier alpha value is -5.71. The molecule has 0 fully saturated rings. The number of unbranched alkanes of at least 4 members (excludes halogenated alkanes) is 5. The van der Waals surface area contributed by atoms with Crippen molar-refractivity contribution in [1.29, 1.82) is 0 Å². The fourth-order valence-electron chi connectivity index (χ4n) is 4.90. The van der Waals surface area contributed by atoms with Gasteiger partial charge in [-0.15, -0.1) is 0 Å². The first-order valence-corrected chi connectivity index (χ1v) is 16.2. The average molecular weight is 668 g/mol. The highest BCUT2D eigenvalue weighted by atomic mass is 16.5. The zero-order chi connectivity index (χ0) is 35.0. The van der Waals surface area contributed by atoms with Crippen LogP contribution in [-0.2, 0) is 11.3 Å². The van der Waals surface area contributed by atoms with E-state index in [1.54, 1.807) is 78.9 Å². The van der Waals surface area contributed by atoms with E-state index in [1.807, 2.05) is 0 Å². The number of ether oxygens (including phenoxy) is 3. The van der Waals surface area contributed by atoms with E-state index in [-0.39, 0.29) is 17.8 Å². The Labute approximate surface area is 285 Å². The summed E-state index contributed by atoms with van der Waals surface area (Å²) in [5.41, 5.74) is 1.83. The molecule has 0 saturated carbocycles. The second kappa shape index (κ2) is 18.6. The molecule has 3 aromatic carbocycles. The number of aliphatic carboxylic acids is 1. The molecule has 4 aromatic rings. The predicted octanol–water partition coefficient (Wildman–Crippen LogP) is 7.03. The molecule has 1 heterocycles. The summed E-state index contributed by atoms with van der Waals surface area (Å²) in [6, 6.07) is 24.2. The lowest BCUT2D eigenvalue weighted by atomic mass is 10.1. The standard InChI is InChI=1S/C38H41N3O8/c1-3-4-5-6-7-8-24-48-31-22-16-29(17-23-31)38(46)49-32-20-12-27(13-21-32)25-41(26-35(42)43)37(45)28-14-18-30(19-15-28)39-36(44)33-10-9-11-34(40-33)47-2/h9-23H,3-8,24-26H2,1-2H3,(H,39,44)(H,42,43). The molecule has 0 spiro atoms. The van der Waals surface area contributed by atoms with Crippen molar-refractivity contribution in [2.75, 3.05) is 25.6 Å². The molecule has 0 saturated heterocycles. The molecule has 256 valence electrons. The van der Waals surface area contributed by atoms with Crippen molar-refractivity contribution in [3.05, 3.63) is 113 Å². The lowest BCUT2D eigenvalue weighted by Gasteiger charge is -2.21. The molecule has 2 amide bonds. The van der Waals surface area contributed by atoms with Crippen LogP contribution in [0.15, 0.2) is 91.0 Å². The van der Waals surface area contributed by atoms with Crippen LogP contribution in [0, 0.1) is 0 Å². The zero-order valence-electron chi connectivity index (χ0n) is 27.7. The molecule has 0 aliphatic heterocycles. The molecule has 4 rings (SSSR count). The monoisotopic (exact) mass is 667 g/mol. The van der Waals surface area contributed by atoms with Crippen LogP contribution in [0.1, 0.15) is 82.2 Å². The van der Waals surface area contributed by atoms with Gasteiger partial charge in [-0.1, -0.05) is 57.2 Å². The van der Waals surface area contributed by atoms with Gasteiger partial charge in [0.25, 0.3) is 11.8 Å². The summed E-state index contributed by atoms with van der Waals surface area (Å²) in [6.45, 7) is 2.30. The van der Waals surface area contributed by atoms with Crippen LogP contribution in [0.2, 0.25) is 0 Å². The van der Waals surface area contributed by atoms with Crippen molar-refractivity contribution >= 4 is 29.4 Å². The van der Waals surface area contributed by atoms with Crippen molar-refractivity contribution in [2.45, 2.75) is 52.0 Å². The van der Waals surface area contributed by atoms with Gasteiger partial charge in [0.1, 0.15) is 23.7 Å². The fourth-order valence-corrected chi connectivity index (χ4v) is 4.90. The summed E-state index contributed by atoms with van der Waals surface area (Å²) in [5, 5.41) is 12.2. The van der Waals surface area contributed by atoms with Gasteiger partial charge >= 0.3 is 11.9 Å². The Morgan fingerprint density at radius 2 is 1.43 bits per heavy atom. The van der Waals surface area contributed by atoms with Crippen molar-refractivity contribution < 1.29 is 38.5 Å². The minimum absolute atomic E-state index is 0.000438. The third kappa shape index (κ3) is 11.5. The van der Waals surface area contributed by atoms with Gasteiger partial charge < -0.3 is 29.5 Å². The number of hydrogen-bond donors (Lipinski definition) is 2. The first-order chi connectivity index (χ1) is 23.7. The highest BCUT2D eigenvalue weighted by molar-refractivity contribution is 6.03. The van der Waals surface area contributed by atoms with Crippen LogP contribution in [-0.4, -0.2) is 59.0 Å². The number of benzene rings is 3. The van der Waals surface area contributed by atoms with Crippen molar-refractivity contribution in [1.82, 2.24) is 9.88 Å². The Morgan fingerprint density at radius 1 is 0.776 bits per heavy atom. The van der Waals surface area contributed by atoms with Gasteiger partial charge in [0.2, 0.25) is 5.88 Å². The highest BCUT2D eigenvalue weighted by Gasteiger charge is 2.20. The number of carbonyl (C=O) groups excluding carboxylic acids is 3. The first kappa shape index (κ1) is 36.1. The number of aromatic nitrogens is 1. The van der Waals surface area contributed by atoms with E-state index >= 15 is 0 Å². The summed E-state index contributed by atoms with van der Waals surface area (Å²) in [7, 11) is 1.45. The van der Waals surface area contributed by atoms with Gasteiger partial charge in [0, 0.05) is 23.9 Å². The van der Waals surface area contributed by atoms with Crippen LogP contribution >= 0.6 is 0 Å². The second-order valence-corrected chi connectivity index (χ2v) is 11.3. The van der Waals surface area contributed by atoms with Crippen LogP contribution in [0.4, 0.5) is 5.69 Å². The Bertz CT molecular complexity index is 1690. The van der Waals surface area contributed by atoms with Crippen molar-refractivity contribution in [2.24, 2.45) is 0 Å². The molecule has 11 heteroatoms. The minimum atomic E-state index is -1.17. The van der Waals surface area contributed by atoms with E-state index in [9.17, 15) is 24.3 Å². The summed E-state index contributed by atoms with van der Waals surface area (Å²) < 4.78 is 16.3. The molecule has 0 bridgehead atoms. The van der Waals surface area contributed by atoms with E-state index < -0.39 is 30.3 Å². The van der Waals surface area contributed by atoms with Gasteiger partial charge in [0.15, 0.2) is 0 Å². The van der Waals surface area contributed by atoms with Gasteiger partial charge in [-0.25, -0.2) is 9.78 Å². The van der Waals surface area contributed by atoms with E-state index in [4.69, 9.17) is 14.2 Å². The Kier molecular flexibility index (Phi) is 13.7. The average Bonchev–Trinajstić information content (AvgIpc) is 3.12. The molecule has 1 aromatic heterocycles. The molecule has 0 radical (unpaired) electrons. The van der Waals surface area contributed by atoms with E-state index in [0.29, 0.717) is 40.8 Å². The molecule has 0 unspecified atom stereocenters. The summed E-state index contributed by atoms with van der Waals surface area (Å²) in [5.74, 6) is -1.38. The third-order valence-corrected chi connectivity index (χ3v) is 7.53. The van der Waals surface area contributed by atoms with Gasteiger partial charge in [0.05, 0.1) is 19.3 Å². The first-order valence-electron chi connectivity index (χ1n) is 16.2. The molecule has 0 aliphatic carbocycles. The fraction of sp³-hybridized carbons (Fsp3) is 0.289. The van der Waals surface area contributed by atoms with E-state index in [0.717, 1.165) is 12.8 Å². The minimum Gasteiger partial charge on any atom is -0.494 e. The van der Waals surface area contributed by atoms with Gasteiger partial charge in [-0.3, -0.25) is 14.4 Å². The second-order valence-electron chi connectivity index (χ2n) is 11.3. The maximum Gasteiger partial charge on any atom is 0.343 e. The van der Waals surface area contributed by atoms with E-state index in [2.05, 4.69) is 17.2 Å². The number of rotatable bonds is 18. The predicted molar refractivity (Wildman–Crippen MR) is 184 cm³/mol. The smallest absolute Gasteiger partial charge is 0.343 e. The molecule has 2 N–H and O–H groups in total. The molecular weight excluding hydrogens is 626 g/mol. The maximum absolute atomic E-state index is 13.3. The normalized spacial score (nSPS) is 10.6. The SMILES string of the molecule is CCCCCCCCOc1ccc(C(=O)Oc2ccc(CN(CC(=O)O)C(=O)c3ccc(NC(=O)c4cccc(OC)n4)cc3)cc2)cc1.